The number of benzene rings is 2. The fourth-order valence-electron chi connectivity index (χ4n) is 8.44. The Morgan fingerprint density at radius 3 is 2.82 bits per heavy atom. The van der Waals surface area contributed by atoms with Gasteiger partial charge >= 0.3 is 12.6 Å². The smallest absolute Gasteiger partial charge is 0.345 e. The first kappa shape index (κ1) is 31.9. The minimum Gasteiger partial charge on any atom is -0.508 e. The first-order chi connectivity index (χ1) is 23.6. The molecule has 2 aromatic heterocycles. The Balaban J connectivity index is 1.26. The zero-order chi connectivity index (χ0) is 34.1. The molecule has 9 nitrogen and oxygen atoms in total. The molecule has 49 heavy (non-hydrogen) atoms. The van der Waals surface area contributed by atoms with Gasteiger partial charge in [0.2, 0.25) is 0 Å². The van der Waals surface area contributed by atoms with Gasteiger partial charge < -0.3 is 24.8 Å². The molecule has 4 aliphatic rings. The summed E-state index contributed by atoms with van der Waals surface area (Å²) in [7, 11) is 0. The fraction of sp³-hybridized carbons (Fsp3) is 0.457. The largest absolute Gasteiger partial charge is 0.508 e. The van der Waals surface area contributed by atoms with Crippen LogP contribution in [0.25, 0.3) is 32.9 Å². The Labute approximate surface area is 278 Å². The van der Waals surface area contributed by atoms with Gasteiger partial charge in [0.05, 0.1) is 28.6 Å². The molecule has 6 heterocycles. The first-order valence-electron chi connectivity index (χ1n) is 16.3. The molecule has 256 valence electrons. The number of hydrogen-bond donors (Lipinski definition) is 2. The van der Waals surface area contributed by atoms with Crippen LogP contribution in [-0.4, -0.2) is 94.3 Å². The predicted octanol–water partition coefficient (Wildman–Crippen LogP) is 5.32. The van der Waals surface area contributed by atoms with E-state index in [1.54, 1.807) is 0 Å². The van der Waals surface area contributed by atoms with Crippen LogP contribution in [0.5, 0.6) is 11.8 Å². The molecule has 0 aliphatic carbocycles. The SMILES string of the molecule is C#Cc1c(F)ccc2cc(O)cc(-c3ncc4c(N5CC6CCC(COC(F)F)(C5)N6)nc(OC[C@@]56CCCN5C[C@H](F)C6)nc4c3F)c12. The topological polar surface area (TPSA) is 95.9 Å². The Bertz CT molecular complexity index is 2010. The number of aromatic hydroxyl groups is 1. The highest BCUT2D eigenvalue weighted by Crippen LogP contribution is 2.42. The number of anilines is 1. The highest BCUT2D eigenvalue weighted by molar-refractivity contribution is 6.03. The highest BCUT2D eigenvalue weighted by atomic mass is 19.3. The average Bonchev–Trinajstić information content (AvgIpc) is 3.71. The number of piperazine rings is 1. The van der Waals surface area contributed by atoms with Crippen LogP contribution in [-0.2, 0) is 4.74 Å². The predicted molar refractivity (Wildman–Crippen MR) is 171 cm³/mol. The summed E-state index contributed by atoms with van der Waals surface area (Å²) in [6.45, 7) is -1.34. The number of hydrogen-bond acceptors (Lipinski definition) is 9. The maximum Gasteiger partial charge on any atom is 0.345 e. The normalized spacial score (nSPS) is 26.6. The first-order valence-corrected chi connectivity index (χ1v) is 16.3. The van der Waals surface area contributed by atoms with Crippen molar-refractivity contribution in [1.29, 1.82) is 0 Å². The fourth-order valence-corrected chi connectivity index (χ4v) is 8.44. The molecule has 4 fully saturated rings. The molecule has 4 aliphatic heterocycles. The Morgan fingerprint density at radius 1 is 1.14 bits per heavy atom. The Morgan fingerprint density at radius 2 is 2.00 bits per heavy atom. The van der Waals surface area contributed by atoms with E-state index in [1.807, 2.05) is 4.90 Å². The van der Waals surface area contributed by atoms with Crippen molar-refractivity contribution >= 4 is 27.5 Å². The molecule has 2 N–H and O–H groups in total. The zero-order valence-electron chi connectivity index (χ0n) is 26.4. The second-order valence-electron chi connectivity index (χ2n) is 13.6. The number of alkyl halides is 3. The third kappa shape index (κ3) is 5.48. The summed E-state index contributed by atoms with van der Waals surface area (Å²) in [5.41, 5.74) is -1.75. The summed E-state index contributed by atoms with van der Waals surface area (Å²) in [6, 6.07) is 5.07. The van der Waals surface area contributed by atoms with E-state index in [-0.39, 0.29) is 70.7 Å². The number of ether oxygens (including phenoxy) is 2. The molecule has 0 amide bonds. The van der Waals surface area contributed by atoms with Gasteiger partial charge in [-0.2, -0.15) is 18.7 Å². The van der Waals surface area contributed by atoms with Crippen LogP contribution in [0.3, 0.4) is 0 Å². The summed E-state index contributed by atoms with van der Waals surface area (Å²) in [6.07, 6.45) is 9.32. The van der Waals surface area contributed by atoms with Gasteiger partial charge in [-0.3, -0.25) is 9.88 Å². The summed E-state index contributed by atoms with van der Waals surface area (Å²) >= 11 is 0. The standard InChI is InChI=1S/C35H33F5N6O3/c1-2-23-26(37)5-4-19-10-22(47)11-24(27(19)23)29-28(38)30-25(13-41-29)31(45-15-21-6-8-34(16-45,44-21)17-48-32(39)40)43-33(42-30)49-18-35-7-3-9-46(35)14-20(36)12-35/h1,4-5,10-11,13,20-21,32,44,47H,3,6-9,12,14-18H2/t20-,21?,34?,35+/m1/s1. The van der Waals surface area contributed by atoms with Crippen molar-refractivity contribution in [3.63, 3.8) is 0 Å². The number of phenolic OH excluding ortho intramolecular Hbond substituents is 1. The van der Waals surface area contributed by atoms with Gasteiger partial charge in [-0.1, -0.05) is 12.0 Å². The van der Waals surface area contributed by atoms with Crippen LogP contribution in [0.15, 0.2) is 30.5 Å². The molecular weight excluding hydrogens is 647 g/mol. The molecule has 14 heteroatoms. The molecule has 4 saturated heterocycles. The van der Waals surface area contributed by atoms with Gasteiger partial charge in [0.25, 0.3) is 0 Å². The molecule has 0 radical (unpaired) electrons. The van der Waals surface area contributed by atoms with Crippen LogP contribution in [0.1, 0.15) is 37.7 Å². The Kier molecular flexibility index (Phi) is 7.77. The molecule has 4 aromatic rings. The van der Waals surface area contributed by atoms with E-state index < -0.39 is 35.5 Å². The Hall–Kier alpha value is -4.32. The quantitative estimate of drug-likeness (QED) is 0.190. The number of terminal acetylenes is 1. The lowest BCUT2D eigenvalue weighted by molar-refractivity contribution is -0.143. The number of pyridine rings is 1. The molecule has 4 atom stereocenters. The average molecular weight is 681 g/mol. The second-order valence-corrected chi connectivity index (χ2v) is 13.6. The van der Waals surface area contributed by atoms with Crippen molar-refractivity contribution in [2.45, 2.75) is 62.0 Å². The minimum absolute atomic E-state index is 0.0632. The molecule has 8 rings (SSSR count). The number of rotatable bonds is 8. The van der Waals surface area contributed by atoms with Crippen LogP contribution in [0, 0.1) is 24.0 Å². The molecule has 2 aromatic carbocycles. The van der Waals surface area contributed by atoms with Gasteiger partial charge in [-0.05, 0) is 55.8 Å². The second kappa shape index (κ2) is 11.9. The van der Waals surface area contributed by atoms with E-state index in [9.17, 15) is 22.7 Å². The summed E-state index contributed by atoms with van der Waals surface area (Å²) in [5, 5.41) is 14.8. The number of halogens is 5. The van der Waals surface area contributed by atoms with Crippen LogP contribution >= 0.6 is 0 Å². The van der Waals surface area contributed by atoms with E-state index in [1.165, 1.54) is 30.5 Å². The van der Waals surface area contributed by atoms with E-state index in [0.29, 0.717) is 43.6 Å². The van der Waals surface area contributed by atoms with E-state index in [0.717, 1.165) is 19.4 Å². The van der Waals surface area contributed by atoms with Gasteiger partial charge in [0.1, 0.15) is 41.4 Å². The number of aromatic nitrogens is 3. The summed E-state index contributed by atoms with van der Waals surface area (Å²) < 4.78 is 83.5. The molecule has 2 bridgehead atoms. The zero-order valence-corrected chi connectivity index (χ0v) is 26.4. The van der Waals surface area contributed by atoms with Crippen LogP contribution in [0.4, 0.5) is 27.8 Å². The molecule has 0 spiro atoms. The van der Waals surface area contributed by atoms with Gasteiger partial charge in [-0.15, -0.1) is 6.42 Å². The van der Waals surface area contributed by atoms with Crippen LogP contribution in [0.2, 0.25) is 0 Å². The lowest BCUT2D eigenvalue weighted by atomic mass is 9.95. The third-order valence-corrected chi connectivity index (χ3v) is 10.5. The number of nitrogens with one attached hydrogen (secondary N) is 1. The molecular formula is C35H33F5N6O3. The number of fused-ring (bicyclic) bond motifs is 5. The van der Waals surface area contributed by atoms with E-state index >= 15 is 4.39 Å². The van der Waals surface area contributed by atoms with Crippen molar-refractivity contribution < 1.29 is 36.5 Å². The monoisotopic (exact) mass is 680 g/mol. The maximum absolute atomic E-state index is 16.9. The molecule has 2 unspecified atom stereocenters. The highest BCUT2D eigenvalue weighted by Gasteiger charge is 2.50. The molecule has 0 saturated carbocycles. The van der Waals surface area contributed by atoms with Gasteiger partial charge in [-0.25, -0.2) is 13.2 Å². The lowest BCUT2D eigenvalue weighted by Crippen LogP contribution is -2.62. The minimum atomic E-state index is -2.94. The van der Waals surface area contributed by atoms with Gasteiger partial charge in [0, 0.05) is 49.2 Å². The van der Waals surface area contributed by atoms with E-state index in [2.05, 4.69) is 26.1 Å². The van der Waals surface area contributed by atoms with Crippen molar-refractivity contribution in [2.24, 2.45) is 0 Å². The third-order valence-electron chi connectivity index (χ3n) is 10.5. The van der Waals surface area contributed by atoms with Crippen molar-refractivity contribution in [3.05, 3.63) is 47.7 Å². The maximum atomic E-state index is 16.9. The number of nitrogens with zero attached hydrogens (tertiary/aromatic N) is 5. The van der Waals surface area contributed by atoms with E-state index in [4.69, 9.17) is 20.9 Å². The number of phenols is 1. The lowest BCUT2D eigenvalue weighted by Gasteiger charge is -2.42. The van der Waals surface area contributed by atoms with Crippen molar-refractivity contribution in [1.82, 2.24) is 25.2 Å². The van der Waals surface area contributed by atoms with Gasteiger partial charge in [0.15, 0.2) is 5.82 Å². The summed E-state index contributed by atoms with van der Waals surface area (Å²) in [5.74, 6) is 0.841. The summed E-state index contributed by atoms with van der Waals surface area (Å²) in [4.78, 5) is 17.6. The van der Waals surface area contributed by atoms with Crippen molar-refractivity contribution in [2.75, 3.05) is 44.3 Å². The van der Waals surface area contributed by atoms with Crippen molar-refractivity contribution in [3.8, 4) is 35.4 Å². The van der Waals surface area contributed by atoms with Crippen LogP contribution < -0.4 is 15.0 Å².